The highest BCUT2D eigenvalue weighted by Crippen LogP contribution is 2.33. The Bertz CT molecular complexity index is 568. The summed E-state index contributed by atoms with van der Waals surface area (Å²) in [6, 6.07) is 7.42. The highest BCUT2D eigenvalue weighted by molar-refractivity contribution is 8.13. The van der Waals surface area contributed by atoms with Gasteiger partial charge in [0.2, 0.25) is 0 Å². The van der Waals surface area contributed by atoms with Gasteiger partial charge in [-0.25, -0.2) is 9.59 Å². The van der Waals surface area contributed by atoms with E-state index in [1.54, 1.807) is 51.1 Å². The number of alkyl carbamates (subject to hydrolysis) is 1. The molecule has 0 aliphatic rings. The first-order valence-electron chi connectivity index (χ1n) is 7.04. The molecule has 7 heteroatoms. The number of carbonyl (C=O) groups is 3. The van der Waals surface area contributed by atoms with Gasteiger partial charge in [-0.2, -0.15) is 0 Å². The molecular weight excluding hydrogens is 318 g/mol. The lowest BCUT2D eigenvalue weighted by molar-refractivity contribution is -0.139. The number of rotatable bonds is 5. The smallest absolute Gasteiger partial charge is 0.408 e. The molecule has 0 spiro atoms. The SMILES string of the molecule is CC(=O)SC(c1ccccc1)C(NC(=O)OC(C)(C)C)C(=O)O. The summed E-state index contributed by atoms with van der Waals surface area (Å²) < 4.78 is 5.10. The van der Waals surface area contributed by atoms with Crippen LogP contribution >= 0.6 is 11.8 Å². The van der Waals surface area contributed by atoms with Crippen molar-refractivity contribution in [3.63, 3.8) is 0 Å². The maximum absolute atomic E-state index is 11.9. The van der Waals surface area contributed by atoms with Crippen LogP contribution in [0.2, 0.25) is 0 Å². The fourth-order valence-corrected chi connectivity index (χ4v) is 2.82. The number of nitrogens with one attached hydrogen (secondary N) is 1. The first-order valence-corrected chi connectivity index (χ1v) is 7.92. The van der Waals surface area contributed by atoms with Crippen molar-refractivity contribution in [1.29, 1.82) is 0 Å². The molecule has 0 fully saturated rings. The maximum atomic E-state index is 11.9. The molecule has 0 radical (unpaired) electrons. The van der Waals surface area contributed by atoms with Crippen LogP contribution in [0, 0.1) is 0 Å². The van der Waals surface area contributed by atoms with Crippen LogP contribution in [0.3, 0.4) is 0 Å². The molecule has 0 saturated heterocycles. The number of carbonyl (C=O) groups excluding carboxylic acids is 2. The van der Waals surface area contributed by atoms with Crippen molar-refractivity contribution in [2.24, 2.45) is 0 Å². The van der Waals surface area contributed by atoms with Gasteiger partial charge in [-0.1, -0.05) is 42.1 Å². The van der Waals surface area contributed by atoms with Crippen LogP contribution in [0.15, 0.2) is 30.3 Å². The molecule has 0 heterocycles. The topological polar surface area (TPSA) is 92.7 Å². The number of aliphatic carboxylic acids is 1. The lowest BCUT2D eigenvalue weighted by Crippen LogP contribution is -2.46. The number of carboxylic acid groups (broad SMARTS) is 1. The molecule has 0 bridgehead atoms. The molecule has 1 aromatic rings. The Morgan fingerprint density at radius 2 is 1.74 bits per heavy atom. The standard InChI is InChI=1S/C16H21NO5S/c1-10(18)23-13(11-8-6-5-7-9-11)12(14(19)20)17-15(21)22-16(2,3)4/h5-9,12-13H,1-4H3,(H,17,21)(H,19,20). The highest BCUT2D eigenvalue weighted by Gasteiger charge is 2.34. The molecule has 2 atom stereocenters. The molecule has 1 amide bonds. The summed E-state index contributed by atoms with van der Waals surface area (Å²) in [6.45, 7) is 6.40. The van der Waals surface area contributed by atoms with Crippen molar-refractivity contribution in [2.75, 3.05) is 0 Å². The Balaban J connectivity index is 3.04. The molecule has 0 aromatic heterocycles. The normalized spacial score (nSPS) is 13.7. The van der Waals surface area contributed by atoms with Crippen LogP contribution in [-0.2, 0) is 14.3 Å². The summed E-state index contributed by atoms with van der Waals surface area (Å²) in [4.78, 5) is 35.0. The molecule has 126 valence electrons. The summed E-state index contributed by atoms with van der Waals surface area (Å²) in [7, 11) is 0. The van der Waals surface area contributed by atoms with E-state index in [1.165, 1.54) is 6.92 Å². The quantitative estimate of drug-likeness (QED) is 0.857. The second-order valence-electron chi connectivity index (χ2n) is 5.90. The van der Waals surface area contributed by atoms with Crippen LogP contribution in [0.1, 0.15) is 38.5 Å². The van der Waals surface area contributed by atoms with Gasteiger partial charge in [0.1, 0.15) is 11.6 Å². The number of hydrogen-bond acceptors (Lipinski definition) is 5. The Labute approximate surface area is 139 Å². The number of carboxylic acids is 1. The van der Waals surface area contributed by atoms with E-state index in [2.05, 4.69) is 5.32 Å². The Morgan fingerprint density at radius 1 is 1.17 bits per heavy atom. The van der Waals surface area contributed by atoms with Crippen LogP contribution in [-0.4, -0.2) is 33.9 Å². The van der Waals surface area contributed by atoms with Gasteiger partial charge >= 0.3 is 12.1 Å². The number of hydrogen-bond donors (Lipinski definition) is 2. The van der Waals surface area contributed by atoms with Crippen molar-refractivity contribution < 1.29 is 24.2 Å². The maximum Gasteiger partial charge on any atom is 0.408 e. The van der Waals surface area contributed by atoms with Crippen LogP contribution in [0.4, 0.5) is 4.79 Å². The molecule has 6 nitrogen and oxygen atoms in total. The summed E-state index contributed by atoms with van der Waals surface area (Å²) in [5.74, 6) is -1.24. The van der Waals surface area contributed by atoms with Crippen LogP contribution in [0.25, 0.3) is 0 Å². The monoisotopic (exact) mass is 339 g/mol. The average molecular weight is 339 g/mol. The van der Waals surface area contributed by atoms with E-state index in [-0.39, 0.29) is 5.12 Å². The van der Waals surface area contributed by atoms with Gasteiger partial charge in [-0.3, -0.25) is 4.79 Å². The molecule has 0 aliphatic heterocycles. The van der Waals surface area contributed by atoms with Crippen molar-refractivity contribution >= 4 is 28.9 Å². The third kappa shape index (κ3) is 6.73. The minimum Gasteiger partial charge on any atom is -0.480 e. The second kappa shape index (κ2) is 8.01. The summed E-state index contributed by atoms with van der Waals surface area (Å²) >= 11 is 0.859. The van der Waals surface area contributed by atoms with Crippen molar-refractivity contribution in [3.8, 4) is 0 Å². The van der Waals surface area contributed by atoms with E-state index in [9.17, 15) is 19.5 Å². The van der Waals surface area contributed by atoms with Crippen molar-refractivity contribution in [1.82, 2.24) is 5.32 Å². The van der Waals surface area contributed by atoms with Gasteiger partial charge < -0.3 is 15.2 Å². The van der Waals surface area contributed by atoms with E-state index in [1.807, 2.05) is 0 Å². The lowest BCUT2D eigenvalue weighted by Gasteiger charge is -2.26. The Kier molecular flexibility index (Phi) is 6.62. The summed E-state index contributed by atoms with van der Waals surface area (Å²) in [6.07, 6.45) is -0.838. The van der Waals surface area contributed by atoms with E-state index >= 15 is 0 Å². The zero-order chi connectivity index (χ0) is 17.6. The molecule has 0 saturated carbocycles. The lowest BCUT2D eigenvalue weighted by atomic mass is 10.1. The number of benzene rings is 1. The first-order chi connectivity index (χ1) is 10.6. The molecule has 0 aliphatic carbocycles. The Morgan fingerprint density at radius 3 is 2.17 bits per heavy atom. The van der Waals surface area contributed by atoms with E-state index in [4.69, 9.17) is 4.74 Å². The largest absolute Gasteiger partial charge is 0.480 e. The first kappa shape index (κ1) is 19.0. The fourth-order valence-electron chi connectivity index (χ4n) is 1.85. The Hall–Kier alpha value is -2.02. The highest BCUT2D eigenvalue weighted by atomic mass is 32.2. The molecule has 23 heavy (non-hydrogen) atoms. The zero-order valence-corrected chi connectivity index (χ0v) is 14.3. The predicted molar refractivity (Wildman–Crippen MR) is 88.2 cm³/mol. The van der Waals surface area contributed by atoms with Gasteiger partial charge in [-0.15, -0.1) is 0 Å². The predicted octanol–water partition coefficient (Wildman–Crippen LogP) is 2.99. The van der Waals surface area contributed by atoms with Gasteiger partial charge in [0.25, 0.3) is 0 Å². The number of ether oxygens (including phenoxy) is 1. The molecule has 2 N–H and O–H groups in total. The number of amides is 1. The van der Waals surface area contributed by atoms with E-state index in [0.717, 1.165) is 11.8 Å². The van der Waals surface area contributed by atoms with Gasteiger partial charge in [-0.05, 0) is 26.3 Å². The van der Waals surface area contributed by atoms with E-state index in [0.29, 0.717) is 5.56 Å². The van der Waals surface area contributed by atoms with Crippen molar-refractivity contribution in [2.45, 2.75) is 44.6 Å². The third-order valence-corrected chi connectivity index (χ3v) is 3.79. The molecule has 1 rings (SSSR count). The second-order valence-corrected chi connectivity index (χ2v) is 7.22. The van der Waals surface area contributed by atoms with Crippen LogP contribution < -0.4 is 5.32 Å². The summed E-state index contributed by atoms with van der Waals surface area (Å²) in [5, 5.41) is 10.8. The number of thioether (sulfide) groups is 1. The zero-order valence-electron chi connectivity index (χ0n) is 13.5. The van der Waals surface area contributed by atoms with Gasteiger partial charge in [0.05, 0.1) is 5.25 Å². The minimum absolute atomic E-state index is 0.240. The van der Waals surface area contributed by atoms with Gasteiger partial charge in [0, 0.05) is 6.92 Å². The van der Waals surface area contributed by atoms with Crippen LogP contribution in [0.5, 0.6) is 0 Å². The summed E-state index contributed by atoms with van der Waals surface area (Å²) in [5.41, 5.74) is -0.112. The average Bonchev–Trinajstić information content (AvgIpc) is 2.41. The van der Waals surface area contributed by atoms with E-state index < -0.39 is 29.0 Å². The molecular formula is C16H21NO5S. The van der Waals surface area contributed by atoms with Gasteiger partial charge in [0.15, 0.2) is 5.12 Å². The minimum atomic E-state index is -1.29. The molecule has 2 unspecified atom stereocenters. The fraction of sp³-hybridized carbons (Fsp3) is 0.438. The van der Waals surface area contributed by atoms with Crippen molar-refractivity contribution in [3.05, 3.63) is 35.9 Å². The molecule has 1 aromatic carbocycles. The third-order valence-electron chi connectivity index (χ3n) is 2.66.